The molecule has 0 bridgehead atoms. The number of rotatable bonds is 3. The Morgan fingerprint density at radius 3 is 2.41 bits per heavy atom. The molecular formula is C19H32N2O+2. The van der Waals surface area contributed by atoms with Crippen LogP contribution >= 0.6 is 0 Å². The van der Waals surface area contributed by atoms with E-state index in [2.05, 4.69) is 45.0 Å². The maximum Gasteiger partial charge on any atom is 0.104 e. The Hall–Kier alpha value is -0.900. The number of hydrogen-bond donors (Lipinski definition) is 2. The summed E-state index contributed by atoms with van der Waals surface area (Å²) in [6.07, 6.45) is 3.60. The fraction of sp³-hybridized carbons (Fsp3) is 0.684. The van der Waals surface area contributed by atoms with Crippen molar-refractivity contribution < 1.29 is 14.5 Å². The standard InChI is InChI=1S/C19H30N2O/c1-15-5-4-6-18(11-15)14-20-9-7-19(8-10-20)21-12-16(2)22-17(3)13-21/h4-6,11,16-17,19H,7-10,12-14H2,1-3H3/p+2/t16-,17+. The summed E-state index contributed by atoms with van der Waals surface area (Å²) in [5.74, 6) is 0. The number of benzene rings is 1. The van der Waals surface area contributed by atoms with Crippen LogP contribution in [0, 0.1) is 6.92 Å². The van der Waals surface area contributed by atoms with E-state index in [1.165, 1.54) is 56.7 Å². The number of aryl methyl sites for hydroxylation is 1. The van der Waals surface area contributed by atoms with Crippen LogP contribution in [-0.2, 0) is 11.3 Å². The lowest BCUT2D eigenvalue weighted by Gasteiger charge is -2.39. The van der Waals surface area contributed by atoms with E-state index in [1.807, 2.05) is 0 Å². The molecule has 1 unspecified atom stereocenters. The van der Waals surface area contributed by atoms with Crippen LogP contribution in [0.2, 0.25) is 0 Å². The van der Waals surface area contributed by atoms with Gasteiger partial charge in [0.15, 0.2) is 0 Å². The molecular weight excluding hydrogens is 272 g/mol. The van der Waals surface area contributed by atoms with Gasteiger partial charge in [0.05, 0.1) is 19.1 Å². The highest BCUT2D eigenvalue weighted by Gasteiger charge is 2.34. The van der Waals surface area contributed by atoms with Gasteiger partial charge in [-0.05, 0) is 20.8 Å². The zero-order chi connectivity index (χ0) is 15.5. The SMILES string of the molecule is Cc1cccc(C[NH+]2CCC([NH+]3C[C@@H](C)O[C@@H](C)C3)CC2)c1. The minimum atomic E-state index is 0.427. The lowest BCUT2D eigenvalue weighted by Crippen LogP contribution is -3.22. The molecule has 0 amide bonds. The van der Waals surface area contributed by atoms with Crippen molar-refractivity contribution in [3.63, 3.8) is 0 Å². The van der Waals surface area contributed by atoms with Crippen LogP contribution in [0.4, 0.5) is 0 Å². The second-order valence-electron chi connectivity index (χ2n) is 7.51. The molecule has 0 spiro atoms. The Morgan fingerprint density at radius 1 is 1.09 bits per heavy atom. The summed E-state index contributed by atoms with van der Waals surface area (Å²) in [6, 6.07) is 9.86. The third kappa shape index (κ3) is 4.09. The largest absolute Gasteiger partial charge is 0.364 e. The summed E-state index contributed by atoms with van der Waals surface area (Å²) >= 11 is 0. The molecule has 1 aromatic rings. The summed E-state index contributed by atoms with van der Waals surface area (Å²) in [5.41, 5.74) is 2.88. The molecule has 1 aromatic carbocycles. The van der Waals surface area contributed by atoms with Crippen molar-refractivity contribution in [2.24, 2.45) is 0 Å². The minimum absolute atomic E-state index is 0.427. The summed E-state index contributed by atoms with van der Waals surface area (Å²) in [5, 5.41) is 0. The molecule has 3 rings (SSSR count). The van der Waals surface area contributed by atoms with Crippen LogP contribution in [0.15, 0.2) is 24.3 Å². The van der Waals surface area contributed by atoms with Gasteiger partial charge in [-0.15, -0.1) is 0 Å². The van der Waals surface area contributed by atoms with Crippen LogP contribution in [-0.4, -0.2) is 44.4 Å². The van der Waals surface area contributed by atoms with Crippen molar-refractivity contribution in [2.45, 2.75) is 58.4 Å². The molecule has 2 aliphatic heterocycles. The van der Waals surface area contributed by atoms with Crippen molar-refractivity contribution in [3.05, 3.63) is 35.4 Å². The van der Waals surface area contributed by atoms with Gasteiger partial charge in [0, 0.05) is 18.4 Å². The Bertz CT molecular complexity index is 472. The van der Waals surface area contributed by atoms with Crippen LogP contribution in [0.5, 0.6) is 0 Å². The van der Waals surface area contributed by atoms with Gasteiger partial charge in [0.25, 0.3) is 0 Å². The lowest BCUT2D eigenvalue weighted by atomic mass is 10.0. The summed E-state index contributed by atoms with van der Waals surface area (Å²) < 4.78 is 5.89. The van der Waals surface area contributed by atoms with Gasteiger partial charge in [0.2, 0.25) is 0 Å². The van der Waals surface area contributed by atoms with Gasteiger partial charge in [0.1, 0.15) is 31.8 Å². The Morgan fingerprint density at radius 2 is 1.77 bits per heavy atom. The number of nitrogens with one attached hydrogen (secondary N) is 2. The molecule has 0 aliphatic carbocycles. The molecule has 3 nitrogen and oxygen atoms in total. The molecule has 0 saturated carbocycles. The normalized spacial score (nSPS) is 36.2. The first-order valence-corrected chi connectivity index (χ1v) is 8.99. The van der Waals surface area contributed by atoms with Gasteiger partial charge >= 0.3 is 0 Å². The molecule has 2 saturated heterocycles. The minimum Gasteiger partial charge on any atom is -0.364 e. The maximum atomic E-state index is 5.89. The highest BCUT2D eigenvalue weighted by atomic mass is 16.5. The monoisotopic (exact) mass is 304 g/mol. The Kier molecular flexibility index (Phi) is 5.17. The highest BCUT2D eigenvalue weighted by molar-refractivity contribution is 5.21. The van der Waals surface area contributed by atoms with Crippen molar-refractivity contribution in [2.75, 3.05) is 26.2 Å². The van der Waals surface area contributed by atoms with E-state index in [0.29, 0.717) is 12.2 Å². The van der Waals surface area contributed by atoms with E-state index < -0.39 is 0 Å². The van der Waals surface area contributed by atoms with Crippen LogP contribution in [0.25, 0.3) is 0 Å². The third-order valence-corrected chi connectivity index (χ3v) is 5.37. The van der Waals surface area contributed by atoms with Crippen molar-refractivity contribution in [3.8, 4) is 0 Å². The molecule has 2 N–H and O–H groups in total. The Labute approximate surface area is 135 Å². The van der Waals surface area contributed by atoms with E-state index >= 15 is 0 Å². The van der Waals surface area contributed by atoms with Gasteiger partial charge in [-0.2, -0.15) is 0 Å². The number of hydrogen-bond acceptors (Lipinski definition) is 1. The number of morpholine rings is 1. The van der Waals surface area contributed by atoms with Gasteiger partial charge in [-0.1, -0.05) is 29.8 Å². The molecule has 2 aliphatic rings. The van der Waals surface area contributed by atoms with E-state index in [4.69, 9.17) is 4.74 Å². The molecule has 2 heterocycles. The summed E-state index contributed by atoms with van der Waals surface area (Å²) in [6.45, 7) is 12.9. The average molecular weight is 304 g/mol. The number of ether oxygens (including phenoxy) is 1. The average Bonchev–Trinajstić information content (AvgIpc) is 2.47. The molecule has 0 radical (unpaired) electrons. The van der Waals surface area contributed by atoms with Crippen molar-refractivity contribution in [1.82, 2.24) is 0 Å². The first-order valence-electron chi connectivity index (χ1n) is 8.99. The molecule has 122 valence electrons. The number of likely N-dealkylation sites (tertiary alicyclic amines) is 1. The molecule has 2 fully saturated rings. The zero-order valence-electron chi connectivity index (χ0n) is 14.4. The maximum absolute atomic E-state index is 5.89. The fourth-order valence-corrected chi connectivity index (χ4v) is 4.37. The van der Waals surface area contributed by atoms with Crippen molar-refractivity contribution >= 4 is 0 Å². The van der Waals surface area contributed by atoms with E-state index in [1.54, 1.807) is 9.80 Å². The molecule has 3 heteroatoms. The predicted molar refractivity (Wildman–Crippen MR) is 89.3 cm³/mol. The quantitative estimate of drug-likeness (QED) is 0.818. The predicted octanol–water partition coefficient (Wildman–Crippen LogP) is 0.234. The highest BCUT2D eigenvalue weighted by Crippen LogP contribution is 2.05. The van der Waals surface area contributed by atoms with E-state index in [0.717, 1.165) is 6.04 Å². The molecule has 22 heavy (non-hydrogen) atoms. The van der Waals surface area contributed by atoms with Gasteiger partial charge in [-0.3, -0.25) is 0 Å². The van der Waals surface area contributed by atoms with Crippen LogP contribution in [0.3, 0.4) is 0 Å². The van der Waals surface area contributed by atoms with E-state index in [-0.39, 0.29) is 0 Å². The van der Waals surface area contributed by atoms with Gasteiger partial charge in [-0.25, -0.2) is 0 Å². The second-order valence-corrected chi connectivity index (χ2v) is 7.51. The summed E-state index contributed by atoms with van der Waals surface area (Å²) in [7, 11) is 0. The second kappa shape index (κ2) is 7.12. The lowest BCUT2D eigenvalue weighted by molar-refractivity contribution is -0.970. The smallest absolute Gasteiger partial charge is 0.104 e. The Balaban J connectivity index is 1.50. The van der Waals surface area contributed by atoms with Gasteiger partial charge < -0.3 is 14.5 Å². The number of piperidine rings is 1. The van der Waals surface area contributed by atoms with Crippen LogP contribution < -0.4 is 9.80 Å². The first-order chi connectivity index (χ1) is 10.6. The topological polar surface area (TPSA) is 18.1 Å². The van der Waals surface area contributed by atoms with Crippen LogP contribution in [0.1, 0.15) is 37.8 Å². The number of quaternary nitrogens is 2. The first kappa shape index (κ1) is 16.0. The zero-order valence-corrected chi connectivity index (χ0v) is 14.4. The molecule has 3 atom stereocenters. The summed E-state index contributed by atoms with van der Waals surface area (Å²) in [4.78, 5) is 3.55. The third-order valence-electron chi connectivity index (χ3n) is 5.37. The van der Waals surface area contributed by atoms with E-state index in [9.17, 15) is 0 Å². The molecule has 0 aromatic heterocycles. The fourth-order valence-electron chi connectivity index (χ4n) is 4.37. The van der Waals surface area contributed by atoms with Crippen molar-refractivity contribution in [1.29, 1.82) is 0 Å².